The molecule has 0 aliphatic heterocycles. The molecule has 3 N–H and O–H groups in total. The summed E-state index contributed by atoms with van der Waals surface area (Å²) in [4.78, 5) is 12.1. The van der Waals surface area contributed by atoms with Gasteiger partial charge in [0.2, 0.25) is 0 Å². The van der Waals surface area contributed by atoms with Gasteiger partial charge in [-0.25, -0.2) is 0 Å². The summed E-state index contributed by atoms with van der Waals surface area (Å²) in [7, 11) is 1.58. The summed E-state index contributed by atoms with van der Waals surface area (Å²) in [6.45, 7) is 4.25. The minimum absolute atomic E-state index is 0.0260. The van der Waals surface area contributed by atoms with Crippen LogP contribution in [0.3, 0.4) is 0 Å². The number of hydrogen-bond acceptors (Lipinski definition) is 6. The fourth-order valence-electron chi connectivity index (χ4n) is 3.96. The molecule has 1 aromatic heterocycles. The molecule has 0 amide bonds. The molecule has 4 aromatic rings. The lowest BCUT2D eigenvalue weighted by atomic mass is 10.00. The Morgan fingerprint density at radius 1 is 1.06 bits per heavy atom. The van der Waals surface area contributed by atoms with Crippen molar-refractivity contribution in [3.63, 3.8) is 0 Å². The van der Waals surface area contributed by atoms with Crippen molar-refractivity contribution in [3.05, 3.63) is 83.1 Å². The first-order valence-corrected chi connectivity index (χ1v) is 11.3. The van der Waals surface area contributed by atoms with Crippen LogP contribution in [0, 0.1) is 12.3 Å². The number of furan rings is 1. The minimum Gasteiger partial charge on any atom is -0.497 e. The van der Waals surface area contributed by atoms with Crippen molar-refractivity contribution in [2.24, 2.45) is 5.73 Å². The highest BCUT2D eigenvalue weighted by atomic mass is 16.5. The zero-order chi connectivity index (χ0) is 24.9. The predicted octanol–water partition coefficient (Wildman–Crippen LogP) is 5.39. The Morgan fingerprint density at radius 3 is 2.60 bits per heavy atom. The van der Waals surface area contributed by atoms with Crippen molar-refractivity contribution >= 4 is 22.8 Å². The van der Waals surface area contributed by atoms with E-state index in [2.05, 4.69) is 6.07 Å². The smallest absolute Gasteiger partial charge is 0.310 e. The molecule has 0 saturated carbocycles. The second-order valence-electron chi connectivity index (χ2n) is 8.09. The molecule has 0 spiro atoms. The standard InChI is InChI=1S/C28H28N2O5/c1-4-33-27(31)14-20-8-10-22(32-3)15-26(20)34-16-24-17(2)35-25-11-9-19(13-23(24)25)18-6-5-7-21(12-18)28(29)30/h5-13,15H,4,14,16H2,1-3H3,(H3,29,30). The molecule has 0 bridgehead atoms. The van der Waals surface area contributed by atoms with E-state index in [-0.39, 0.29) is 24.8 Å². The van der Waals surface area contributed by atoms with Crippen molar-refractivity contribution in [2.75, 3.05) is 13.7 Å². The molecule has 3 aromatic carbocycles. The summed E-state index contributed by atoms with van der Waals surface area (Å²) in [5, 5.41) is 8.65. The fraction of sp³-hybridized carbons (Fsp3) is 0.214. The van der Waals surface area contributed by atoms with Gasteiger partial charge in [0.25, 0.3) is 0 Å². The number of amidine groups is 1. The van der Waals surface area contributed by atoms with Gasteiger partial charge in [0.05, 0.1) is 20.1 Å². The third kappa shape index (κ3) is 5.30. The van der Waals surface area contributed by atoms with E-state index in [1.807, 2.05) is 49.4 Å². The number of nitrogens with two attached hydrogens (primary N) is 1. The van der Waals surface area contributed by atoms with Crippen molar-refractivity contribution in [2.45, 2.75) is 26.9 Å². The average molecular weight is 473 g/mol. The maximum Gasteiger partial charge on any atom is 0.310 e. The molecule has 4 rings (SSSR count). The summed E-state index contributed by atoms with van der Waals surface area (Å²) in [5.41, 5.74) is 10.7. The van der Waals surface area contributed by atoms with Gasteiger partial charge in [0, 0.05) is 28.1 Å². The average Bonchev–Trinajstić information content (AvgIpc) is 3.17. The Labute approximate surface area is 203 Å². The van der Waals surface area contributed by atoms with E-state index in [0.29, 0.717) is 23.7 Å². The van der Waals surface area contributed by atoms with E-state index in [9.17, 15) is 4.79 Å². The number of carbonyl (C=O) groups excluding carboxylic acids is 1. The molecule has 180 valence electrons. The number of methoxy groups -OCH3 is 1. The van der Waals surface area contributed by atoms with Crippen LogP contribution in [0.2, 0.25) is 0 Å². The van der Waals surface area contributed by atoms with Crippen molar-refractivity contribution in [3.8, 4) is 22.6 Å². The van der Waals surface area contributed by atoms with Gasteiger partial charge in [-0.3, -0.25) is 10.2 Å². The van der Waals surface area contributed by atoms with Crippen LogP contribution in [0.5, 0.6) is 11.5 Å². The van der Waals surface area contributed by atoms with E-state index < -0.39 is 0 Å². The summed E-state index contributed by atoms with van der Waals surface area (Å²) >= 11 is 0. The van der Waals surface area contributed by atoms with E-state index in [1.54, 1.807) is 26.2 Å². The van der Waals surface area contributed by atoms with Crippen LogP contribution < -0.4 is 15.2 Å². The summed E-state index contributed by atoms with van der Waals surface area (Å²) < 4.78 is 22.6. The highest BCUT2D eigenvalue weighted by molar-refractivity contribution is 5.96. The Morgan fingerprint density at radius 2 is 1.86 bits per heavy atom. The zero-order valence-electron chi connectivity index (χ0n) is 20.0. The van der Waals surface area contributed by atoms with Crippen LogP contribution in [-0.4, -0.2) is 25.5 Å². The lowest BCUT2D eigenvalue weighted by Crippen LogP contribution is -2.10. The second kappa shape index (κ2) is 10.3. The number of rotatable bonds is 9. The molecule has 0 radical (unpaired) electrons. The zero-order valence-corrected chi connectivity index (χ0v) is 20.0. The van der Waals surface area contributed by atoms with Gasteiger partial charge in [0.15, 0.2) is 0 Å². The molecule has 1 heterocycles. The quantitative estimate of drug-likeness (QED) is 0.192. The lowest BCUT2D eigenvalue weighted by molar-refractivity contribution is -0.142. The van der Waals surface area contributed by atoms with Gasteiger partial charge >= 0.3 is 5.97 Å². The molecule has 7 nitrogen and oxygen atoms in total. The second-order valence-corrected chi connectivity index (χ2v) is 8.09. The first kappa shape index (κ1) is 23.9. The molecular weight excluding hydrogens is 444 g/mol. The number of aryl methyl sites for hydroxylation is 1. The summed E-state index contributed by atoms with van der Waals surface area (Å²) in [6, 6.07) is 18.9. The third-order valence-corrected chi connectivity index (χ3v) is 5.79. The van der Waals surface area contributed by atoms with Crippen LogP contribution in [0.1, 0.15) is 29.4 Å². The summed E-state index contributed by atoms with van der Waals surface area (Å²) in [6.07, 6.45) is 0.106. The van der Waals surface area contributed by atoms with Crippen molar-refractivity contribution < 1.29 is 23.4 Å². The monoisotopic (exact) mass is 472 g/mol. The molecule has 35 heavy (non-hydrogen) atoms. The first-order chi connectivity index (χ1) is 16.9. The lowest BCUT2D eigenvalue weighted by Gasteiger charge is -2.13. The highest BCUT2D eigenvalue weighted by Crippen LogP contribution is 2.33. The van der Waals surface area contributed by atoms with Crippen LogP contribution in [0.4, 0.5) is 0 Å². The Kier molecular flexibility index (Phi) is 7.06. The molecule has 0 aliphatic carbocycles. The van der Waals surface area contributed by atoms with E-state index in [1.165, 1.54) is 0 Å². The SMILES string of the molecule is CCOC(=O)Cc1ccc(OC)cc1OCc1c(C)oc2ccc(-c3cccc(C(=N)N)c3)cc12. The van der Waals surface area contributed by atoms with Crippen LogP contribution >= 0.6 is 0 Å². The Bertz CT molecular complexity index is 1390. The molecule has 0 atom stereocenters. The van der Waals surface area contributed by atoms with Gasteiger partial charge in [0.1, 0.15) is 35.3 Å². The Balaban J connectivity index is 1.65. The summed E-state index contributed by atoms with van der Waals surface area (Å²) in [5.74, 6) is 1.65. The topological polar surface area (TPSA) is 108 Å². The fourth-order valence-corrected chi connectivity index (χ4v) is 3.96. The van der Waals surface area contributed by atoms with Crippen molar-refractivity contribution in [1.29, 1.82) is 5.41 Å². The van der Waals surface area contributed by atoms with E-state index >= 15 is 0 Å². The maximum absolute atomic E-state index is 12.1. The van der Waals surface area contributed by atoms with Gasteiger partial charge in [-0.15, -0.1) is 0 Å². The Hall–Kier alpha value is -4.26. The predicted molar refractivity (Wildman–Crippen MR) is 135 cm³/mol. The van der Waals surface area contributed by atoms with Gasteiger partial charge < -0.3 is 24.4 Å². The van der Waals surface area contributed by atoms with E-state index in [4.69, 9.17) is 29.8 Å². The third-order valence-electron chi connectivity index (χ3n) is 5.79. The normalized spacial score (nSPS) is 10.8. The number of fused-ring (bicyclic) bond motifs is 1. The molecular formula is C28H28N2O5. The highest BCUT2D eigenvalue weighted by Gasteiger charge is 2.16. The molecule has 0 fully saturated rings. The maximum atomic E-state index is 12.1. The van der Waals surface area contributed by atoms with E-state index in [0.717, 1.165) is 39.0 Å². The first-order valence-electron chi connectivity index (χ1n) is 11.3. The van der Waals surface area contributed by atoms with Crippen LogP contribution in [-0.2, 0) is 22.6 Å². The number of carbonyl (C=O) groups is 1. The number of nitrogen functional groups attached to an aromatic ring is 1. The molecule has 0 saturated heterocycles. The molecule has 0 aliphatic rings. The molecule has 7 heteroatoms. The van der Waals surface area contributed by atoms with Gasteiger partial charge in [-0.05, 0) is 49.2 Å². The van der Waals surface area contributed by atoms with Crippen molar-refractivity contribution in [1.82, 2.24) is 0 Å². The molecule has 0 unspecified atom stereocenters. The number of ether oxygens (including phenoxy) is 3. The number of nitrogens with one attached hydrogen (secondary N) is 1. The van der Waals surface area contributed by atoms with Gasteiger partial charge in [-0.1, -0.05) is 30.3 Å². The number of esters is 1. The van der Waals surface area contributed by atoms with Crippen LogP contribution in [0.15, 0.2) is 65.1 Å². The minimum atomic E-state index is -0.315. The number of benzene rings is 3. The van der Waals surface area contributed by atoms with Gasteiger partial charge in [-0.2, -0.15) is 0 Å². The number of hydrogen-bond donors (Lipinski definition) is 2. The largest absolute Gasteiger partial charge is 0.497 e. The van der Waals surface area contributed by atoms with Crippen LogP contribution in [0.25, 0.3) is 22.1 Å².